The first-order valence-electron chi connectivity index (χ1n) is 13.7. The van der Waals surface area contributed by atoms with Crippen LogP contribution in [0.2, 0.25) is 5.02 Å². The minimum Gasteiger partial charge on any atom is -0.330 e. The van der Waals surface area contributed by atoms with Gasteiger partial charge in [-0.1, -0.05) is 29.8 Å². The summed E-state index contributed by atoms with van der Waals surface area (Å²) in [4.78, 5) is 23.6. The summed E-state index contributed by atoms with van der Waals surface area (Å²) in [5.74, 6) is 0.588. The third-order valence-electron chi connectivity index (χ3n) is 8.06. The molecule has 0 bridgehead atoms. The van der Waals surface area contributed by atoms with Crippen molar-refractivity contribution in [2.75, 3.05) is 6.54 Å². The second-order valence-electron chi connectivity index (χ2n) is 10.4. The topological polar surface area (TPSA) is 95.4 Å². The lowest BCUT2D eigenvalue weighted by molar-refractivity contribution is 0.283. The normalized spacial score (nSPS) is 17.4. The highest BCUT2D eigenvalue weighted by atomic mass is 35.5. The van der Waals surface area contributed by atoms with Crippen molar-refractivity contribution in [3.05, 3.63) is 90.6 Å². The van der Waals surface area contributed by atoms with Gasteiger partial charge in [-0.15, -0.1) is 0 Å². The van der Waals surface area contributed by atoms with Gasteiger partial charge in [0.1, 0.15) is 17.7 Å². The van der Waals surface area contributed by atoms with Crippen molar-refractivity contribution in [3.63, 3.8) is 0 Å². The molecule has 0 saturated heterocycles. The fourth-order valence-electron chi connectivity index (χ4n) is 5.93. The van der Waals surface area contributed by atoms with E-state index in [1.165, 1.54) is 0 Å². The molecule has 1 saturated carbocycles. The van der Waals surface area contributed by atoms with E-state index in [1.54, 1.807) is 18.7 Å². The van der Waals surface area contributed by atoms with Gasteiger partial charge < -0.3 is 10.3 Å². The fraction of sp³-hybridized carbons (Fsp3) is 0.219. The summed E-state index contributed by atoms with van der Waals surface area (Å²) in [6.07, 6.45) is 11.8. The maximum absolute atomic E-state index is 7.01. The van der Waals surface area contributed by atoms with E-state index in [9.17, 15) is 0 Å². The van der Waals surface area contributed by atoms with E-state index in [1.807, 2.05) is 54.6 Å². The van der Waals surface area contributed by atoms with Crippen molar-refractivity contribution < 1.29 is 0 Å². The average molecular weight is 546 g/mol. The lowest BCUT2D eigenvalue weighted by Gasteiger charge is -2.29. The van der Waals surface area contributed by atoms with E-state index in [2.05, 4.69) is 26.8 Å². The van der Waals surface area contributed by atoms with Gasteiger partial charge in [0, 0.05) is 46.2 Å². The van der Waals surface area contributed by atoms with E-state index in [0.29, 0.717) is 17.0 Å². The van der Waals surface area contributed by atoms with E-state index < -0.39 is 0 Å². The van der Waals surface area contributed by atoms with Crippen molar-refractivity contribution in [1.29, 1.82) is 0 Å². The van der Waals surface area contributed by atoms with Crippen molar-refractivity contribution in [3.8, 4) is 33.9 Å². The molecule has 7 rings (SSSR count). The number of halogens is 1. The van der Waals surface area contributed by atoms with Crippen LogP contribution in [0, 0.1) is 5.92 Å². The molecule has 0 aliphatic heterocycles. The number of rotatable bonds is 5. The molecule has 0 spiro atoms. The van der Waals surface area contributed by atoms with E-state index in [0.717, 1.165) is 88.1 Å². The van der Waals surface area contributed by atoms with Crippen molar-refractivity contribution >= 4 is 33.5 Å². The van der Waals surface area contributed by atoms with Gasteiger partial charge in [0.2, 0.25) is 0 Å². The van der Waals surface area contributed by atoms with E-state index in [-0.39, 0.29) is 0 Å². The lowest BCUT2D eigenvalue weighted by Crippen LogP contribution is -2.23. The van der Waals surface area contributed by atoms with Crippen LogP contribution >= 0.6 is 11.6 Å². The molecule has 6 aromatic rings. The Hall–Kier alpha value is -4.20. The molecule has 0 unspecified atom stereocenters. The van der Waals surface area contributed by atoms with E-state index >= 15 is 0 Å². The van der Waals surface area contributed by atoms with Gasteiger partial charge >= 0.3 is 0 Å². The first kappa shape index (κ1) is 24.8. The Kier molecular flexibility index (Phi) is 6.46. The monoisotopic (exact) mass is 545 g/mol. The first-order chi connectivity index (χ1) is 19.7. The lowest BCUT2D eigenvalue weighted by atomic mass is 9.86. The highest BCUT2D eigenvalue weighted by Crippen LogP contribution is 2.43. The third-order valence-corrected chi connectivity index (χ3v) is 8.37. The van der Waals surface area contributed by atoms with Gasteiger partial charge in [-0.05, 0) is 80.6 Å². The Labute approximate surface area is 237 Å². The van der Waals surface area contributed by atoms with Gasteiger partial charge in [0.05, 0.1) is 28.0 Å². The summed E-state index contributed by atoms with van der Waals surface area (Å²) < 4.78 is 2.32. The summed E-state index contributed by atoms with van der Waals surface area (Å²) in [6.45, 7) is 0.747. The van der Waals surface area contributed by atoms with Crippen LogP contribution in [-0.4, -0.2) is 36.0 Å². The number of hydrogen-bond donors (Lipinski definition) is 1. The van der Waals surface area contributed by atoms with Crippen LogP contribution in [-0.2, 0) is 0 Å². The zero-order valence-corrected chi connectivity index (χ0v) is 22.7. The van der Waals surface area contributed by atoms with Crippen LogP contribution in [0.25, 0.3) is 55.8 Å². The maximum Gasteiger partial charge on any atom is 0.144 e. The molecule has 40 heavy (non-hydrogen) atoms. The molecule has 1 aliphatic rings. The van der Waals surface area contributed by atoms with Crippen LogP contribution in [0.5, 0.6) is 0 Å². The zero-order valence-electron chi connectivity index (χ0n) is 21.9. The maximum atomic E-state index is 7.01. The predicted molar refractivity (Wildman–Crippen MR) is 160 cm³/mol. The summed E-state index contributed by atoms with van der Waals surface area (Å²) in [7, 11) is 0. The molecule has 0 radical (unpaired) electrons. The highest BCUT2D eigenvalue weighted by Gasteiger charge is 2.27. The van der Waals surface area contributed by atoms with Gasteiger partial charge in [-0.25, -0.2) is 15.0 Å². The molecular weight excluding hydrogens is 518 g/mol. The van der Waals surface area contributed by atoms with Crippen LogP contribution in [0.15, 0.2) is 85.6 Å². The van der Waals surface area contributed by atoms with Crippen LogP contribution in [0.1, 0.15) is 31.7 Å². The Morgan fingerprint density at radius 2 is 1.57 bits per heavy atom. The van der Waals surface area contributed by atoms with Crippen molar-refractivity contribution in [2.45, 2.75) is 31.7 Å². The summed E-state index contributed by atoms with van der Waals surface area (Å²) >= 11 is 7.01. The molecule has 198 valence electrons. The fourth-order valence-corrected chi connectivity index (χ4v) is 6.20. The van der Waals surface area contributed by atoms with Crippen LogP contribution in [0.4, 0.5) is 0 Å². The molecule has 0 atom stereocenters. The number of nitrogens with two attached hydrogens (primary N) is 1. The SMILES string of the molecule is NCC1CCC(n2cc(-c3cc4nc(-c5ccccn5)ccc4cc3Cl)c3c(-c4ccccn4)ncnc32)CC1. The smallest absolute Gasteiger partial charge is 0.144 e. The Balaban J connectivity index is 1.44. The standard InChI is InChI=1S/C32H28ClN7/c33-25-15-21-9-12-27(26-5-1-3-13-35-26)39-29(21)16-23(25)24-18-40(22-10-7-20(17-34)8-11-22)32-30(24)31(37-19-38-32)28-6-2-4-14-36-28/h1-6,9,12-16,18-20,22H,7-8,10-11,17,34H2. The highest BCUT2D eigenvalue weighted by molar-refractivity contribution is 6.34. The predicted octanol–water partition coefficient (Wildman–Crippen LogP) is 7.11. The molecule has 1 aromatic carbocycles. The second kappa shape index (κ2) is 10.4. The third kappa shape index (κ3) is 4.41. The Morgan fingerprint density at radius 3 is 2.30 bits per heavy atom. The van der Waals surface area contributed by atoms with Crippen LogP contribution in [0.3, 0.4) is 0 Å². The number of hydrogen-bond acceptors (Lipinski definition) is 6. The molecule has 7 nitrogen and oxygen atoms in total. The van der Waals surface area contributed by atoms with Crippen molar-refractivity contribution in [1.82, 2.24) is 29.5 Å². The molecule has 8 heteroatoms. The van der Waals surface area contributed by atoms with Gasteiger partial charge in [0.25, 0.3) is 0 Å². The summed E-state index contributed by atoms with van der Waals surface area (Å²) in [5.41, 5.74) is 12.9. The molecular formula is C32H28ClN7. The van der Waals surface area contributed by atoms with Gasteiger partial charge in [0.15, 0.2) is 0 Å². The van der Waals surface area contributed by atoms with Gasteiger partial charge in [-0.2, -0.15) is 0 Å². The zero-order chi connectivity index (χ0) is 27.1. The molecule has 5 heterocycles. The first-order valence-corrected chi connectivity index (χ1v) is 14.1. The minimum atomic E-state index is 0.332. The molecule has 2 N–H and O–H groups in total. The molecule has 0 amide bonds. The van der Waals surface area contributed by atoms with Crippen molar-refractivity contribution in [2.24, 2.45) is 11.7 Å². The minimum absolute atomic E-state index is 0.332. The van der Waals surface area contributed by atoms with Crippen LogP contribution < -0.4 is 5.73 Å². The Bertz CT molecular complexity index is 1810. The number of aromatic nitrogens is 6. The molecule has 1 aliphatic carbocycles. The Morgan fingerprint density at radius 1 is 0.800 bits per heavy atom. The number of pyridine rings is 3. The van der Waals surface area contributed by atoms with E-state index in [4.69, 9.17) is 32.3 Å². The summed E-state index contributed by atoms with van der Waals surface area (Å²) in [6, 6.07) is 20.1. The van der Waals surface area contributed by atoms with Gasteiger partial charge in [-0.3, -0.25) is 9.97 Å². The quantitative estimate of drug-likeness (QED) is 0.248. The second-order valence-corrected chi connectivity index (χ2v) is 10.8. The summed E-state index contributed by atoms with van der Waals surface area (Å²) in [5, 5.41) is 2.57. The average Bonchev–Trinajstić information content (AvgIpc) is 3.41. The number of nitrogens with zero attached hydrogens (tertiary/aromatic N) is 6. The number of fused-ring (bicyclic) bond motifs is 2. The molecule has 5 aromatic heterocycles. The number of benzene rings is 1. The molecule has 1 fully saturated rings. The largest absolute Gasteiger partial charge is 0.330 e.